The third-order valence-corrected chi connectivity index (χ3v) is 6.80. The number of anilines is 2. The van der Waals surface area contributed by atoms with Gasteiger partial charge >= 0.3 is 12.3 Å². The van der Waals surface area contributed by atoms with Crippen LogP contribution in [0.2, 0.25) is 0 Å². The van der Waals surface area contributed by atoms with Gasteiger partial charge in [0.25, 0.3) is 0 Å². The molecule has 0 bridgehead atoms. The number of carbonyl (C=O) groups excluding carboxylic acids is 1. The quantitative estimate of drug-likeness (QED) is 0.393. The molecule has 1 aliphatic heterocycles. The van der Waals surface area contributed by atoms with E-state index in [0.717, 1.165) is 0 Å². The maximum Gasteiger partial charge on any atom is 0.419 e. The molecule has 0 saturated carbocycles. The highest BCUT2D eigenvalue weighted by molar-refractivity contribution is 5.90. The molecule has 0 radical (unpaired) electrons. The Morgan fingerprint density at radius 1 is 1.26 bits per heavy atom. The van der Waals surface area contributed by atoms with E-state index in [1.54, 1.807) is 61.7 Å². The minimum Gasteiger partial charge on any atom is -0.444 e. The molecule has 1 atom stereocenters. The number of benzene rings is 1. The molecule has 1 aromatic carbocycles. The topological polar surface area (TPSA) is 83.2 Å². The molecule has 10 heteroatoms. The molecule has 1 unspecified atom stereocenters. The molecule has 1 amide bonds. The number of pyridine rings is 1. The van der Waals surface area contributed by atoms with Gasteiger partial charge in [0, 0.05) is 36.4 Å². The maximum atomic E-state index is 14.7. The van der Waals surface area contributed by atoms with Crippen LogP contribution in [0.1, 0.15) is 70.1 Å². The van der Waals surface area contributed by atoms with Crippen LogP contribution in [0.25, 0.3) is 11.0 Å². The summed E-state index contributed by atoms with van der Waals surface area (Å²) in [5, 5.41) is 12.1. The number of nitriles is 1. The number of nitrogens with one attached hydrogen (secondary N) is 1. The number of fused-ring (bicyclic) bond motifs is 1. The first-order valence-corrected chi connectivity index (χ1v) is 12.4. The van der Waals surface area contributed by atoms with E-state index in [1.807, 2.05) is 19.9 Å². The van der Waals surface area contributed by atoms with Crippen LogP contribution < -0.4 is 5.32 Å². The zero-order valence-electron chi connectivity index (χ0n) is 22.4. The molecule has 0 spiro atoms. The van der Waals surface area contributed by atoms with E-state index >= 15 is 0 Å². The van der Waals surface area contributed by atoms with Crippen molar-refractivity contribution in [2.24, 2.45) is 7.05 Å². The monoisotopic (exact) mass is 527 g/mol. The van der Waals surface area contributed by atoms with E-state index in [0.29, 0.717) is 36.2 Å². The molecule has 3 aromatic rings. The Kier molecular flexibility index (Phi) is 6.85. The molecule has 202 valence electrons. The van der Waals surface area contributed by atoms with Crippen molar-refractivity contribution in [1.82, 2.24) is 14.5 Å². The highest BCUT2D eigenvalue weighted by Gasteiger charge is 2.43. The van der Waals surface area contributed by atoms with Crippen molar-refractivity contribution in [2.75, 3.05) is 11.9 Å². The van der Waals surface area contributed by atoms with E-state index < -0.39 is 29.0 Å². The highest BCUT2D eigenvalue weighted by Crippen LogP contribution is 2.47. The third-order valence-electron chi connectivity index (χ3n) is 6.80. The maximum absolute atomic E-state index is 14.7. The predicted molar refractivity (Wildman–Crippen MR) is 139 cm³/mol. The third kappa shape index (κ3) is 5.42. The van der Waals surface area contributed by atoms with E-state index in [-0.39, 0.29) is 22.6 Å². The smallest absolute Gasteiger partial charge is 0.419 e. The normalized spacial score (nSPS) is 17.8. The van der Waals surface area contributed by atoms with Gasteiger partial charge in [-0.1, -0.05) is 6.07 Å². The fraction of sp³-hybridized carbons (Fsp3) is 0.464. The first-order valence-electron chi connectivity index (χ1n) is 12.4. The van der Waals surface area contributed by atoms with Crippen LogP contribution in [-0.4, -0.2) is 38.2 Å². The largest absolute Gasteiger partial charge is 0.444 e. The first kappa shape index (κ1) is 27.3. The number of halogens is 3. The number of hydrogen-bond donors (Lipinski definition) is 1. The van der Waals surface area contributed by atoms with Crippen molar-refractivity contribution >= 4 is 28.5 Å². The fourth-order valence-corrected chi connectivity index (χ4v) is 5.22. The zero-order chi connectivity index (χ0) is 28.0. The Bertz CT molecular complexity index is 1410. The van der Waals surface area contributed by atoms with Gasteiger partial charge in [-0.15, -0.1) is 0 Å². The van der Waals surface area contributed by atoms with Gasteiger partial charge in [0.1, 0.15) is 11.2 Å². The van der Waals surface area contributed by atoms with E-state index in [1.165, 1.54) is 12.3 Å². The molecule has 2 aromatic heterocycles. The summed E-state index contributed by atoms with van der Waals surface area (Å²) < 4.78 is 51.2. The summed E-state index contributed by atoms with van der Waals surface area (Å²) in [6.07, 6.45) is -1.24. The zero-order valence-corrected chi connectivity index (χ0v) is 22.4. The van der Waals surface area contributed by atoms with Crippen LogP contribution in [0.3, 0.4) is 0 Å². The Morgan fingerprint density at radius 3 is 2.58 bits per heavy atom. The number of hydrogen-bond acceptors (Lipinski definition) is 5. The van der Waals surface area contributed by atoms with Crippen LogP contribution >= 0.6 is 0 Å². The molecular formula is C28H32F3N5O2. The van der Waals surface area contributed by atoms with Crippen LogP contribution in [-0.2, 0) is 18.0 Å². The second-order valence-corrected chi connectivity index (χ2v) is 11.4. The van der Waals surface area contributed by atoms with Crippen LogP contribution in [0.15, 0.2) is 36.7 Å². The summed E-state index contributed by atoms with van der Waals surface area (Å²) >= 11 is 0. The van der Waals surface area contributed by atoms with Gasteiger partial charge < -0.3 is 19.5 Å². The van der Waals surface area contributed by atoms with Gasteiger partial charge in [0.2, 0.25) is 0 Å². The van der Waals surface area contributed by atoms with Crippen LogP contribution in [0.4, 0.5) is 29.3 Å². The number of amides is 1. The number of carbonyl (C=O) groups is 1. The van der Waals surface area contributed by atoms with Crippen molar-refractivity contribution in [3.63, 3.8) is 0 Å². The number of likely N-dealkylation sites (tertiary alicyclic amines) is 1. The van der Waals surface area contributed by atoms with Gasteiger partial charge in [-0.25, -0.2) is 9.78 Å². The second kappa shape index (κ2) is 9.53. The Balaban J connectivity index is 1.77. The Morgan fingerprint density at radius 2 is 1.97 bits per heavy atom. The summed E-state index contributed by atoms with van der Waals surface area (Å²) in [7, 11) is 1.68. The summed E-state index contributed by atoms with van der Waals surface area (Å²) in [4.78, 5) is 18.9. The number of ether oxygens (including phenoxy) is 1. The molecular weight excluding hydrogens is 495 g/mol. The minimum absolute atomic E-state index is 0.0490. The summed E-state index contributed by atoms with van der Waals surface area (Å²) in [6, 6.07) is 8.28. The first-order chi connectivity index (χ1) is 17.6. The van der Waals surface area contributed by atoms with Crippen molar-refractivity contribution < 1.29 is 22.7 Å². The lowest BCUT2D eigenvalue weighted by atomic mass is 9.79. The molecule has 3 heterocycles. The van der Waals surface area contributed by atoms with Gasteiger partial charge in [-0.3, -0.25) is 0 Å². The van der Waals surface area contributed by atoms with E-state index in [2.05, 4.69) is 10.3 Å². The highest BCUT2D eigenvalue weighted by atomic mass is 19.4. The number of rotatable bonds is 3. The van der Waals surface area contributed by atoms with Gasteiger partial charge in [-0.2, -0.15) is 18.4 Å². The summed E-state index contributed by atoms with van der Waals surface area (Å²) in [5.41, 5.74) is -0.789. The van der Waals surface area contributed by atoms with Crippen molar-refractivity contribution in [3.05, 3.63) is 53.3 Å². The second-order valence-electron chi connectivity index (χ2n) is 11.4. The van der Waals surface area contributed by atoms with E-state index in [9.17, 15) is 23.2 Å². The summed E-state index contributed by atoms with van der Waals surface area (Å²) in [6.45, 7) is 9.58. The molecule has 1 saturated heterocycles. The molecule has 38 heavy (non-hydrogen) atoms. The molecule has 0 aliphatic carbocycles. The predicted octanol–water partition coefficient (Wildman–Crippen LogP) is 7.10. The lowest BCUT2D eigenvalue weighted by molar-refractivity contribution is -0.135. The molecule has 7 nitrogen and oxygen atoms in total. The molecule has 1 aliphatic rings. The van der Waals surface area contributed by atoms with Gasteiger partial charge in [0.05, 0.1) is 29.1 Å². The molecule has 1 N–H and O–H groups in total. The van der Waals surface area contributed by atoms with Gasteiger partial charge in [0.15, 0.2) is 0 Å². The van der Waals surface area contributed by atoms with Crippen molar-refractivity contribution in [2.45, 2.75) is 70.7 Å². The van der Waals surface area contributed by atoms with E-state index in [4.69, 9.17) is 4.74 Å². The van der Waals surface area contributed by atoms with Crippen molar-refractivity contribution in [3.8, 4) is 6.07 Å². The Labute approximate surface area is 220 Å². The molecule has 4 rings (SSSR count). The fourth-order valence-electron chi connectivity index (χ4n) is 5.22. The number of nitrogens with zero attached hydrogens (tertiary/aromatic N) is 4. The SMILES string of the molecule is Cn1cc(C2CCN(C(=O)OC(C)(C)C)C(C)(C)C2)c2c(C(F)(F)F)c(Nc3cccc(C#N)c3)cnc21. The number of aromatic nitrogens is 2. The minimum atomic E-state index is -4.67. The number of aryl methyl sites for hydroxylation is 1. The Hall–Kier alpha value is -3.74. The van der Waals surface area contributed by atoms with Crippen LogP contribution in [0.5, 0.6) is 0 Å². The van der Waals surface area contributed by atoms with Crippen LogP contribution in [0, 0.1) is 11.3 Å². The number of piperidine rings is 1. The molecule has 1 fully saturated rings. The summed E-state index contributed by atoms with van der Waals surface area (Å²) in [5.74, 6) is -0.229. The average molecular weight is 528 g/mol. The van der Waals surface area contributed by atoms with Crippen molar-refractivity contribution in [1.29, 1.82) is 5.26 Å². The van der Waals surface area contributed by atoms with Gasteiger partial charge in [-0.05, 0) is 77.1 Å². The number of alkyl halides is 3. The lowest BCUT2D eigenvalue weighted by Gasteiger charge is -2.45. The standard InChI is InChI=1S/C28H32F3N5O2/c1-26(2,3)38-25(37)36-11-10-18(13-27(36,4)5)20-16-35(6)24-22(20)23(28(29,30)31)21(15-33-24)34-19-9-7-8-17(12-19)14-32/h7-9,12,15-16,18,34H,10-11,13H2,1-6H3. The average Bonchev–Trinajstić information content (AvgIpc) is 3.12. The lowest BCUT2D eigenvalue weighted by Crippen LogP contribution is -2.53.